The summed E-state index contributed by atoms with van der Waals surface area (Å²) in [7, 11) is -1.84. The molecule has 0 saturated heterocycles. The predicted octanol–water partition coefficient (Wildman–Crippen LogP) is 2.73. The lowest BCUT2D eigenvalue weighted by Crippen LogP contribution is -2.43. The Morgan fingerprint density at radius 2 is 1.76 bits per heavy atom. The number of hydrogen-bond acceptors (Lipinski definition) is 3. The number of carbonyl (C=O) groups excluding carboxylic acids is 1. The minimum atomic E-state index is -1.84. The number of amides is 1. The van der Waals surface area contributed by atoms with Gasteiger partial charge in [-0.05, 0) is 10.6 Å². The van der Waals surface area contributed by atoms with Gasteiger partial charge in [0.1, 0.15) is 14.1 Å². The van der Waals surface area contributed by atoms with Crippen LogP contribution >= 0.6 is 0 Å². The monoisotopic (exact) mass is 361 g/mol. The second kappa shape index (κ2) is 8.32. The van der Waals surface area contributed by atoms with E-state index in [1.165, 1.54) is 0 Å². The van der Waals surface area contributed by atoms with Crippen LogP contribution in [0.15, 0.2) is 30.3 Å². The Morgan fingerprint density at radius 3 is 2.24 bits per heavy atom. The Kier molecular flexibility index (Phi) is 6.97. The molecule has 2 atom stereocenters. The molecule has 0 bridgehead atoms. The molecule has 1 aromatic carbocycles. The molecule has 0 radical (unpaired) electrons. The number of nitrogens with one attached hydrogen (secondary N) is 1. The van der Waals surface area contributed by atoms with Crippen molar-refractivity contribution in [2.45, 2.75) is 57.5 Å². The van der Waals surface area contributed by atoms with Crippen LogP contribution in [0.2, 0.25) is 18.1 Å². The van der Waals surface area contributed by atoms with E-state index in [0.29, 0.717) is 5.56 Å². The van der Waals surface area contributed by atoms with Crippen LogP contribution in [0.25, 0.3) is 0 Å². The summed E-state index contributed by atoms with van der Waals surface area (Å²) < 4.78 is 0. The first-order chi connectivity index (χ1) is 11.5. The molecule has 0 aliphatic heterocycles. The van der Waals surface area contributed by atoms with Crippen LogP contribution in [0, 0.1) is 11.5 Å². The lowest BCUT2D eigenvalue weighted by Gasteiger charge is -2.31. The van der Waals surface area contributed by atoms with Crippen molar-refractivity contribution in [1.29, 1.82) is 0 Å². The number of aliphatic hydroxyl groups excluding tert-OH is 1. The molecule has 6 heteroatoms. The van der Waals surface area contributed by atoms with Crippen LogP contribution in [0.1, 0.15) is 38.9 Å². The van der Waals surface area contributed by atoms with Gasteiger partial charge >= 0.3 is 5.97 Å². The first kappa shape index (κ1) is 20.9. The molecule has 136 valence electrons. The molecule has 0 saturated carbocycles. The van der Waals surface area contributed by atoms with Crippen molar-refractivity contribution in [3.05, 3.63) is 35.9 Å². The summed E-state index contributed by atoms with van der Waals surface area (Å²) in [5, 5.41) is 21.8. The van der Waals surface area contributed by atoms with E-state index in [2.05, 4.69) is 50.6 Å². The number of rotatable bonds is 5. The zero-order valence-electron chi connectivity index (χ0n) is 15.5. The largest absolute Gasteiger partial charge is 0.480 e. The summed E-state index contributed by atoms with van der Waals surface area (Å²) in [6.07, 6.45) is -1.40. The smallest absolute Gasteiger partial charge is 0.327 e. The van der Waals surface area contributed by atoms with E-state index < -0.39 is 32.1 Å². The molecule has 25 heavy (non-hydrogen) atoms. The summed E-state index contributed by atoms with van der Waals surface area (Å²) in [5.41, 5.74) is 3.64. The number of aliphatic hydroxyl groups is 1. The van der Waals surface area contributed by atoms with Crippen LogP contribution in [0.3, 0.4) is 0 Å². The van der Waals surface area contributed by atoms with Crippen LogP contribution in [-0.2, 0) is 9.59 Å². The van der Waals surface area contributed by atoms with Crippen molar-refractivity contribution in [3.63, 3.8) is 0 Å². The van der Waals surface area contributed by atoms with Crippen LogP contribution in [-0.4, -0.2) is 36.2 Å². The highest BCUT2D eigenvalue weighted by Crippen LogP contribution is 2.35. The fourth-order valence-corrected chi connectivity index (χ4v) is 2.72. The van der Waals surface area contributed by atoms with Crippen LogP contribution in [0.4, 0.5) is 0 Å². The number of carboxylic acids is 1. The Morgan fingerprint density at radius 1 is 1.20 bits per heavy atom. The minimum absolute atomic E-state index is 0.00902. The summed E-state index contributed by atoms with van der Waals surface area (Å²) >= 11 is 0. The lowest BCUT2D eigenvalue weighted by molar-refractivity contribution is -0.143. The summed E-state index contributed by atoms with van der Waals surface area (Å²) in [5.74, 6) is 1.02. The number of carbonyl (C=O) groups is 2. The average Bonchev–Trinajstić information content (AvgIpc) is 2.52. The van der Waals surface area contributed by atoms with E-state index in [9.17, 15) is 19.8 Å². The van der Waals surface area contributed by atoms with E-state index >= 15 is 0 Å². The zero-order chi connectivity index (χ0) is 19.3. The Balaban J connectivity index is 2.79. The van der Waals surface area contributed by atoms with Crippen molar-refractivity contribution in [1.82, 2.24) is 5.32 Å². The summed E-state index contributed by atoms with van der Waals surface area (Å²) in [6, 6.07) is 7.23. The quantitative estimate of drug-likeness (QED) is 0.556. The molecule has 1 amide bonds. The highest BCUT2D eigenvalue weighted by molar-refractivity contribution is 6.87. The van der Waals surface area contributed by atoms with Gasteiger partial charge in [0.05, 0.1) is 0 Å². The van der Waals surface area contributed by atoms with E-state index in [4.69, 9.17) is 0 Å². The fourth-order valence-electron chi connectivity index (χ4n) is 1.80. The molecule has 0 unspecified atom stereocenters. The third-order valence-corrected chi connectivity index (χ3v) is 9.11. The van der Waals surface area contributed by atoms with Gasteiger partial charge in [-0.15, -0.1) is 11.5 Å². The molecule has 5 nitrogen and oxygen atoms in total. The summed E-state index contributed by atoms with van der Waals surface area (Å²) in [6.45, 7) is 10.6. The minimum Gasteiger partial charge on any atom is -0.480 e. The normalized spacial score (nSPS) is 14.0. The maximum absolute atomic E-state index is 12.1. The average molecular weight is 362 g/mol. The van der Waals surface area contributed by atoms with Gasteiger partial charge in [0.2, 0.25) is 0 Å². The predicted molar refractivity (Wildman–Crippen MR) is 101 cm³/mol. The first-order valence-electron chi connectivity index (χ1n) is 8.22. The molecule has 3 N–H and O–H groups in total. The van der Waals surface area contributed by atoms with Gasteiger partial charge in [0, 0.05) is 6.42 Å². The zero-order valence-corrected chi connectivity index (χ0v) is 16.5. The maximum atomic E-state index is 12.1. The van der Waals surface area contributed by atoms with Gasteiger partial charge in [-0.3, -0.25) is 4.79 Å². The third kappa shape index (κ3) is 6.04. The topological polar surface area (TPSA) is 86.6 Å². The summed E-state index contributed by atoms with van der Waals surface area (Å²) in [4.78, 5) is 23.5. The highest BCUT2D eigenvalue weighted by atomic mass is 28.3. The fraction of sp³-hybridized carbons (Fsp3) is 0.474. The van der Waals surface area contributed by atoms with Gasteiger partial charge in [-0.2, -0.15) is 0 Å². The van der Waals surface area contributed by atoms with Crippen molar-refractivity contribution in [3.8, 4) is 11.5 Å². The van der Waals surface area contributed by atoms with Gasteiger partial charge in [-0.1, -0.05) is 64.2 Å². The van der Waals surface area contributed by atoms with Crippen molar-refractivity contribution < 1.29 is 19.8 Å². The maximum Gasteiger partial charge on any atom is 0.327 e. The lowest BCUT2D eigenvalue weighted by atomic mass is 10.1. The van der Waals surface area contributed by atoms with Gasteiger partial charge in [-0.25, -0.2) is 4.79 Å². The highest BCUT2D eigenvalue weighted by Gasteiger charge is 2.33. The second-order valence-corrected chi connectivity index (χ2v) is 12.6. The number of benzene rings is 1. The molecule has 0 spiro atoms. The molecule has 1 rings (SSSR count). The molecule has 0 fully saturated rings. The molecule has 0 aliphatic rings. The van der Waals surface area contributed by atoms with E-state index in [-0.39, 0.29) is 11.5 Å². The standard InChI is InChI=1S/C19H27NO4Si/c1-19(2,3)25(4,5)13-9-12-15(18(23)24)20-17(22)16(21)14-10-7-6-8-11-14/h6-8,10-11,15-16,21H,12H2,1-5H3,(H,20,22)(H,23,24)/t15-,16-/m0/s1. The Bertz CT molecular complexity index is 668. The van der Waals surface area contributed by atoms with Gasteiger partial charge < -0.3 is 15.5 Å². The van der Waals surface area contributed by atoms with Crippen molar-refractivity contribution in [2.75, 3.05) is 0 Å². The second-order valence-electron chi connectivity index (χ2n) is 7.59. The van der Waals surface area contributed by atoms with Crippen LogP contribution < -0.4 is 5.32 Å². The Hall–Kier alpha value is -2.10. The molecule has 0 aromatic heterocycles. The molecule has 0 aliphatic carbocycles. The first-order valence-corrected chi connectivity index (χ1v) is 11.2. The molecular weight excluding hydrogens is 334 g/mol. The molecule has 1 aromatic rings. The Labute approximate surface area is 150 Å². The number of carboxylic acid groups (broad SMARTS) is 1. The third-order valence-electron chi connectivity index (χ3n) is 4.56. The van der Waals surface area contributed by atoms with E-state index in [0.717, 1.165) is 0 Å². The van der Waals surface area contributed by atoms with Crippen molar-refractivity contribution in [2.24, 2.45) is 0 Å². The van der Waals surface area contributed by atoms with Gasteiger partial charge in [0.15, 0.2) is 6.10 Å². The van der Waals surface area contributed by atoms with E-state index in [1.807, 2.05) is 0 Å². The molecule has 0 heterocycles. The van der Waals surface area contributed by atoms with Crippen LogP contribution in [0.5, 0.6) is 0 Å². The van der Waals surface area contributed by atoms with Gasteiger partial charge in [0.25, 0.3) is 5.91 Å². The molecular formula is C19H27NO4Si. The number of aliphatic carboxylic acids is 1. The van der Waals surface area contributed by atoms with Crippen molar-refractivity contribution >= 4 is 20.0 Å². The SMILES string of the molecule is CC(C)(C)[Si](C)(C)C#CC[C@H](NC(=O)[C@@H](O)c1ccccc1)C(=O)O. The number of hydrogen-bond donors (Lipinski definition) is 3. The van der Waals surface area contributed by atoms with E-state index in [1.54, 1.807) is 30.3 Å².